The fraction of sp³-hybridized carbons (Fsp3) is 0.136. The molecule has 3 amide bonds. The van der Waals surface area contributed by atoms with Crippen molar-refractivity contribution in [1.82, 2.24) is 10.6 Å². The SMILES string of the molecule is CNC(=O)NC(=O)C(OC(=O)c1ccc(COc2ccccc2)o1)c1ccccc1. The van der Waals surface area contributed by atoms with Crippen molar-refractivity contribution < 1.29 is 28.3 Å². The molecular weight excluding hydrogens is 388 g/mol. The van der Waals surface area contributed by atoms with Crippen molar-refractivity contribution in [3.63, 3.8) is 0 Å². The van der Waals surface area contributed by atoms with Crippen LogP contribution >= 0.6 is 0 Å². The average Bonchev–Trinajstić information content (AvgIpc) is 3.26. The van der Waals surface area contributed by atoms with Gasteiger partial charge in [0.25, 0.3) is 5.91 Å². The summed E-state index contributed by atoms with van der Waals surface area (Å²) >= 11 is 0. The fourth-order valence-electron chi connectivity index (χ4n) is 2.54. The van der Waals surface area contributed by atoms with Gasteiger partial charge in [0.15, 0.2) is 0 Å². The maximum absolute atomic E-state index is 12.5. The second-order valence-electron chi connectivity index (χ2n) is 6.13. The number of esters is 1. The number of para-hydroxylation sites is 1. The third-order valence-electron chi connectivity index (χ3n) is 4.02. The number of nitrogens with one attached hydrogen (secondary N) is 2. The summed E-state index contributed by atoms with van der Waals surface area (Å²) in [6.45, 7) is 0.122. The molecule has 0 fully saturated rings. The monoisotopic (exact) mass is 408 g/mol. The van der Waals surface area contributed by atoms with E-state index in [4.69, 9.17) is 13.9 Å². The van der Waals surface area contributed by atoms with Crippen LogP contribution in [0.15, 0.2) is 77.2 Å². The Hall–Kier alpha value is -4.07. The number of hydrogen-bond acceptors (Lipinski definition) is 6. The zero-order chi connectivity index (χ0) is 21.3. The maximum atomic E-state index is 12.5. The lowest BCUT2D eigenvalue weighted by atomic mass is 10.1. The molecule has 0 spiro atoms. The number of carbonyl (C=O) groups excluding carboxylic acids is 3. The van der Waals surface area contributed by atoms with Crippen LogP contribution in [0, 0.1) is 0 Å². The van der Waals surface area contributed by atoms with Crippen LogP contribution in [0.25, 0.3) is 0 Å². The highest BCUT2D eigenvalue weighted by molar-refractivity contribution is 5.98. The normalized spacial score (nSPS) is 11.2. The molecule has 0 saturated carbocycles. The minimum Gasteiger partial charge on any atom is -0.486 e. The number of furan rings is 1. The molecule has 0 aliphatic heterocycles. The first-order valence-electron chi connectivity index (χ1n) is 9.12. The highest BCUT2D eigenvalue weighted by Crippen LogP contribution is 2.21. The van der Waals surface area contributed by atoms with E-state index in [-0.39, 0.29) is 12.4 Å². The van der Waals surface area contributed by atoms with Crippen molar-refractivity contribution in [2.45, 2.75) is 12.7 Å². The molecule has 0 aliphatic rings. The molecule has 154 valence electrons. The average molecular weight is 408 g/mol. The van der Waals surface area contributed by atoms with Crippen LogP contribution in [0.3, 0.4) is 0 Å². The Morgan fingerprint density at radius 1 is 0.933 bits per heavy atom. The number of amides is 3. The highest BCUT2D eigenvalue weighted by atomic mass is 16.6. The van der Waals surface area contributed by atoms with E-state index in [0.717, 1.165) is 0 Å². The summed E-state index contributed by atoms with van der Waals surface area (Å²) in [4.78, 5) is 36.5. The molecule has 2 N–H and O–H groups in total. The molecule has 30 heavy (non-hydrogen) atoms. The minimum atomic E-state index is -1.33. The fourth-order valence-corrected chi connectivity index (χ4v) is 2.54. The smallest absolute Gasteiger partial charge is 0.375 e. The Bertz CT molecular complexity index is 1000. The Labute approximate surface area is 172 Å². The standard InChI is InChI=1S/C22H20N2O6/c1-23-22(27)24-20(25)19(15-8-4-2-5-9-15)30-21(26)18-13-12-17(29-18)14-28-16-10-6-3-7-11-16/h2-13,19H,14H2,1H3,(H2,23,24,25,27). The van der Waals surface area contributed by atoms with Crippen LogP contribution in [0.2, 0.25) is 0 Å². The number of urea groups is 1. The molecule has 0 aliphatic carbocycles. The molecule has 1 atom stereocenters. The third kappa shape index (κ3) is 5.48. The first-order chi connectivity index (χ1) is 14.6. The topological polar surface area (TPSA) is 107 Å². The van der Waals surface area contributed by atoms with Crippen LogP contribution in [-0.2, 0) is 16.1 Å². The Morgan fingerprint density at radius 2 is 1.60 bits per heavy atom. The van der Waals surface area contributed by atoms with Gasteiger partial charge in [0.05, 0.1) is 0 Å². The van der Waals surface area contributed by atoms with Crippen molar-refractivity contribution in [2.75, 3.05) is 7.05 Å². The van der Waals surface area contributed by atoms with Crippen LogP contribution in [0.4, 0.5) is 4.79 Å². The van der Waals surface area contributed by atoms with Crippen LogP contribution < -0.4 is 15.4 Å². The maximum Gasteiger partial charge on any atom is 0.375 e. The zero-order valence-corrected chi connectivity index (χ0v) is 16.2. The molecule has 8 heteroatoms. The van der Waals surface area contributed by atoms with Gasteiger partial charge >= 0.3 is 12.0 Å². The van der Waals surface area contributed by atoms with E-state index in [1.165, 1.54) is 13.1 Å². The van der Waals surface area contributed by atoms with Gasteiger partial charge in [-0.2, -0.15) is 0 Å². The molecule has 1 heterocycles. The minimum absolute atomic E-state index is 0.0877. The van der Waals surface area contributed by atoms with E-state index in [2.05, 4.69) is 10.6 Å². The molecule has 0 saturated heterocycles. The van der Waals surface area contributed by atoms with Gasteiger partial charge in [-0.25, -0.2) is 9.59 Å². The van der Waals surface area contributed by atoms with E-state index >= 15 is 0 Å². The van der Waals surface area contributed by atoms with E-state index in [1.807, 2.05) is 18.2 Å². The van der Waals surface area contributed by atoms with Gasteiger partial charge in [0.2, 0.25) is 11.9 Å². The van der Waals surface area contributed by atoms with Gasteiger partial charge in [-0.3, -0.25) is 10.1 Å². The quantitative estimate of drug-likeness (QED) is 0.582. The Morgan fingerprint density at radius 3 is 2.27 bits per heavy atom. The lowest BCUT2D eigenvalue weighted by Crippen LogP contribution is -2.41. The summed E-state index contributed by atoms with van der Waals surface area (Å²) in [5.74, 6) is -0.643. The number of benzene rings is 2. The van der Waals surface area contributed by atoms with Gasteiger partial charge in [0, 0.05) is 12.6 Å². The van der Waals surface area contributed by atoms with E-state index in [0.29, 0.717) is 17.1 Å². The predicted octanol–water partition coefficient (Wildman–Crippen LogP) is 3.21. The van der Waals surface area contributed by atoms with Crippen molar-refractivity contribution in [1.29, 1.82) is 0 Å². The lowest BCUT2D eigenvalue weighted by molar-refractivity contribution is -0.129. The first kappa shape index (κ1) is 20.7. The van der Waals surface area contributed by atoms with Gasteiger partial charge in [0.1, 0.15) is 18.1 Å². The molecule has 0 radical (unpaired) electrons. The van der Waals surface area contributed by atoms with Crippen LogP contribution in [0.5, 0.6) is 5.75 Å². The van der Waals surface area contributed by atoms with Gasteiger partial charge in [-0.15, -0.1) is 0 Å². The number of hydrogen-bond donors (Lipinski definition) is 2. The lowest BCUT2D eigenvalue weighted by Gasteiger charge is -2.16. The number of ether oxygens (including phenoxy) is 2. The molecule has 2 aromatic carbocycles. The van der Waals surface area contributed by atoms with Crippen molar-refractivity contribution in [2.24, 2.45) is 0 Å². The molecule has 0 bridgehead atoms. The molecule has 3 rings (SSSR count). The second-order valence-corrected chi connectivity index (χ2v) is 6.13. The van der Waals surface area contributed by atoms with E-state index in [1.54, 1.807) is 48.5 Å². The van der Waals surface area contributed by atoms with E-state index in [9.17, 15) is 14.4 Å². The molecule has 3 aromatic rings. The third-order valence-corrected chi connectivity index (χ3v) is 4.02. The molecule has 8 nitrogen and oxygen atoms in total. The summed E-state index contributed by atoms with van der Waals surface area (Å²) in [6, 6.07) is 19.8. The van der Waals surface area contributed by atoms with Crippen molar-refractivity contribution >= 4 is 17.9 Å². The zero-order valence-electron chi connectivity index (χ0n) is 16.2. The summed E-state index contributed by atoms with van der Waals surface area (Å²) in [7, 11) is 1.37. The first-order valence-corrected chi connectivity index (χ1v) is 9.12. The predicted molar refractivity (Wildman–Crippen MR) is 107 cm³/mol. The number of carbonyl (C=O) groups is 3. The molecular formula is C22H20N2O6. The summed E-state index contributed by atoms with van der Waals surface area (Å²) in [5.41, 5.74) is 0.409. The van der Waals surface area contributed by atoms with Gasteiger partial charge in [-0.1, -0.05) is 48.5 Å². The summed E-state index contributed by atoms with van der Waals surface area (Å²) in [5, 5.41) is 4.39. The van der Waals surface area contributed by atoms with Crippen molar-refractivity contribution in [3.8, 4) is 5.75 Å². The Balaban J connectivity index is 1.68. The van der Waals surface area contributed by atoms with Gasteiger partial charge in [-0.05, 0) is 24.3 Å². The Kier molecular flexibility index (Phi) is 6.83. The largest absolute Gasteiger partial charge is 0.486 e. The number of imide groups is 1. The number of rotatable bonds is 7. The van der Waals surface area contributed by atoms with Crippen LogP contribution in [-0.4, -0.2) is 25.0 Å². The molecule has 1 aromatic heterocycles. The van der Waals surface area contributed by atoms with Crippen LogP contribution in [0.1, 0.15) is 28.0 Å². The van der Waals surface area contributed by atoms with Gasteiger partial charge < -0.3 is 19.2 Å². The van der Waals surface area contributed by atoms with E-state index < -0.39 is 24.0 Å². The summed E-state index contributed by atoms with van der Waals surface area (Å²) < 4.78 is 16.4. The summed E-state index contributed by atoms with van der Waals surface area (Å²) in [6.07, 6.45) is -1.33. The second kappa shape index (κ2) is 9.92. The molecule has 1 unspecified atom stereocenters. The van der Waals surface area contributed by atoms with Crippen molar-refractivity contribution in [3.05, 3.63) is 89.9 Å². The highest BCUT2D eigenvalue weighted by Gasteiger charge is 2.28.